The van der Waals surface area contributed by atoms with Gasteiger partial charge in [-0.2, -0.15) is 0 Å². The van der Waals surface area contributed by atoms with Crippen LogP contribution in [0.1, 0.15) is 23.4 Å². The molecule has 0 aliphatic heterocycles. The fourth-order valence-electron chi connectivity index (χ4n) is 1.79. The molecular weight excluding hydrogens is 232 g/mol. The predicted octanol–water partition coefficient (Wildman–Crippen LogP) is 1.89. The van der Waals surface area contributed by atoms with E-state index < -0.39 is 0 Å². The molecule has 2 aromatic rings. The van der Waals surface area contributed by atoms with Gasteiger partial charge in [0, 0.05) is 11.4 Å². The molecule has 4 nitrogen and oxygen atoms in total. The number of rotatable bonds is 6. The standard InChI is InChI=1S/C12H16N4S/c1-2-12(17-5-1)9-16-8-11(14-15-16)7-13-6-10-3-4-10/h1-2,5,8,10,13H,3-4,6-7,9H2. The minimum absolute atomic E-state index is 0.827. The van der Waals surface area contributed by atoms with Crippen LogP contribution in [0.3, 0.4) is 0 Å². The van der Waals surface area contributed by atoms with Crippen molar-refractivity contribution in [1.82, 2.24) is 20.3 Å². The largest absolute Gasteiger partial charge is 0.311 e. The van der Waals surface area contributed by atoms with Crippen LogP contribution in [0, 0.1) is 5.92 Å². The molecular formula is C12H16N4S. The number of thiophene rings is 1. The monoisotopic (exact) mass is 248 g/mol. The smallest absolute Gasteiger partial charge is 0.0964 e. The summed E-state index contributed by atoms with van der Waals surface area (Å²) in [5.41, 5.74) is 1.03. The van der Waals surface area contributed by atoms with Crippen molar-refractivity contribution in [3.05, 3.63) is 34.3 Å². The molecule has 17 heavy (non-hydrogen) atoms. The summed E-state index contributed by atoms with van der Waals surface area (Å²) in [6.45, 7) is 2.78. The molecule has 0 amide bonds. The van der Waals surface area contributed by atoms with Gasteiger partial charge in [0.05, 0.1) is 18.4 Å². The lowest BCUT2D eigenvalue weighted by Gasteiger charge is -1.98. The maximum absolute atomic E-state index is 4.17. The highest BCUT2D eigenvalue weighted by atomic mass is 32.1. The highest BCUT2D eigenvalue weighted by Crippen LogP contribution is 2.27. The molecule has 5 heteroatoms. The van der Waals surface area contributed by atoms with Gasteiger partial charge in [-0.25, -0.2) is 4.68 Å². The Balaban J connectivity index is 1.50. The zero-order valence-corrected chi connectivity index (χ0v) is 10.5. The van der Waals surface area contributed by atoms with Gasteiger partial charge >= 0.3 is 0 Å². The zero-order valence-electron chi connectivity index (χ0n) is 9.67. The van der Waals surface area contributed by atoms with Crippen LogP contribution < -0.4 is 5.32 Å². The van der Waals surface area contributed by atoms with E-state index in [1.54, 1.807) is 11.3 Å². The van der Waals surface area contributed by atoms with Gasteiger partial charge < -0.3 is 5.32 Å². The van der Waals surface area contributed by atoms with Gasteiger partial charge in [0.2, 0.25) is 0 Å². The van der Waals surface area contributed by atoms with Crippen LogP contribution in [0.5, 0.6) is 0 Å². The number of hydrogen-bond donors (Lipinski definition) is 1. The predicted molar refractivity (Wildman–Crippen MR) is 67.9 cm³/mol. The van der Waals surface area contributed by atoms with Gasteiger partial charge in [-0.05, 0) is 36.8 Å². The molecule has 0 bridgehead atoms. The average molecular weight is 248 g/mol. The van der Waals surface area contributed by atoms with E-state index in [-0.39, 0.29) is 0 Å². The fourth-order valence-corrected chi connectivity index (χ4v) is 2.48. The number of hydrogen-bond acceptors (Lipinski definition) is 4. The zero-order chi connectivity index (χ0) is 11.5. The third kappa shape index (κ3) is 3.14. The first-order valence-electron chi connectivity index (χ1n) is 6.02. The molecule has 1 aliphatic rings. The summed E-state index contributed by atoms with van der Waals surface area (Å²) in [6.07, 6.45) is 4.80. The molecule has 0 saturated heterocycles. The minimum atomic E-state index is 0.827. The van der Waals surface area contributed by atoms with Crippen LogP contribution in [0.4, 0.5) is 0 Å². The van der Waals surface area contributed by atoms with E-state index in [0.717, 1.165) is 31.2 Å². The summed E-state index contributed by atoms with van der Waals surface area (Å²) in [4.78, 5) is 1.31. The topological polar surface area (TPSA) is 42.7 Å². The van der Waals surface area contributed by atoms with Crippen molar-refractivity contribution in [1.29, 1.82) is 0 Å². The second-order valence-electron chi connectivity index (χ2n) is 4.56. The molecule has 2 heterocycles. The Bertz CT molecular complexity index is 459. The second-order valence-corrected chi connectivity index (χ2v) is 5.59. The van der Waals surface area contributed by atoms with E-state index in [2.05, 4.69) is 33.1 Å². The van der Waals surface area contributed by atoms with Crippen LogP contribution in [0.25, 0.3) is 0 Å². The van der Waals surface area contributed by atoms with Crippen molar-refractivity contribution in [2.45, 2.75) is 25.9 Å². The summed E-state index contributed by atoms with van der Waals surface area (Å²) >= 11 is 1.75. The highest BCUT2D eigenvalue weighted by molar-refractivity contribution is 7.09. The molecule has 0 spiro atoms. The van der Waals surface area contributed by atoms with Gasteiger partial charge in [0.1, 0.15) is 0 Å². The molecule has 1 saturated carbocycles. The minimum Gasteiger partial charge on any atom is -0.311 e. The summed E-state index contributed by atoms with van der Waals surface area (Å²) in [5, 5.41) is 13.8. The Labute approximate surface area is 105 Å². The van der Waals surface area contributed by atoms with E-state index in [1.165, 1.54) is 17.7 Å². The van der Waals surface area contributed by atoms with Gasteiger partial charge in [0.15, 0.2) is 0 Å². The van der Waals surface area contributed by atoms with E-state index in [0.29, 0.717) is 0 Å². The molecule has 1 N–H and O–H groups in total. The third-order valence-corrected chi connectivity index (χ3v) is 3.78. The molecule has 2 aromatic heterocycles. The molecule has 3 rings (SSSR count). The molecule has 0 radical (unpaired) electrons. The maximum atomic E-state index is 4.17. The van der Waals surface area contributed by atoms with Gasteiger partial charge in [-0.1, -0.05) is 11.3 Å². The van der Waals surface area contributed by atoms with Crippen LogP contribution in [0.15, 0.2) is 23.7 Å². The molecule has 1 fully saturated rings. The maximum Gasteiger partial charge on any atom is 0.0964 e. The molecule has 0 aromatic carbocycles. The molecule has 90 valence electrons. The van der Waals surface area contributed by atoms with Crippen LogP contribution >= 0.6 is 11.3 Å². The van der Waals surface area contributed by atoms with Crippen molar-refractivity contribution in [3.8, 4) is 0 Å². The number of aromatic nitrogens is 3. The highest BCUT2D eigenvalue weighted by Gasteiger charge is 2.20. The van der Waals surface area contributed by atoms with Crippen LogP contribution in [-0.4, -0.2) is 21.5 Å². The van der Waals surface area contributed by atoms with E-state index in [1.807, 2.05) is 10.9 Å². The first kappa shape index (κ1) is 10.9. The van der Waals surface area contributed by atoms with Crippen molar-refractivity contribution in [2.75, 3.05) is 6.54 Å². The Kier molecular flexibility index (Phi) is 3.20. The first-order valence-corrected chi connectivity index (χ1v) is 6.90. The summed E-state index contributed by atoms with van der Waals surface area (Å²) in [5.74, 6) is 0.913. The Morgan fingerprint density at radius 2 is 2.41 bits per heavy atom. The average Bonchev–Trinajstić information content (AvgIpc) is 2.83. The second kappa shape index (κ2) is 4.98. The third-order valence-electron chi connectivity index (χ3n) is 2.92. The van der Waals surface area contributed by atoms with Crippen molar-refractivity contribution in [3.63, 3.8) is 0 Å². The normalized spacial score (nSPS) is 15.3. The molecule has 1 aliphatic carbocycles. The van der Waals surface area contributed by atoms with Crippen molar-refractivity contribution < 1.29 is 0 Å². The number of nitrogens with one attached hydrogen (secondary N) is 1. The molecule has 0 unspecified atom stereocenters. The van der Waals surface area contributed by atoms with E-state index >= 15 is 0 Å². The first-order chi connectivity index (χ1) is 8.40. The van der Waals surface area contributed by atoms with Gasteiger partial charge in [-0.15, -0.1) is 16.4 Å². The van der Waals surface area contributed by atoms with Gasteiger partial charge in [-0.3, -0.25) is 0 Å². The Hall–Kier alpha value is -1.20. The fraction of sp³-hybridized carbons (Fsp3) is 0.500. The molecule has 0 atom stereocenters. The van der Waals surface area contributed by atoms with Gasteiger partial charge in [0.25, 0.3) is 0 Å². The Morgan fingerprint density at radius 3 is 3.18 bits per heavy atom. The van der Waals surface area contributed by atoms with Crippen LogP contribution in [0.2, 0.25) is 0 Å². The quantitative estimate of drug-likeness (QED) is 0.849. The SMILES string of the molecule is c1csc(Cn2cc(CNCC3CC3)nn2)c1. The summed E-state index contributed by atoms with van der Waals surface area (Å²) in [7, 11) is 0. The lowest BCUT2D eigenvalue weighted by molar-refractivity contribution is 0.627. The number of nitrogens with zero attached hydrogens (tertiary/aromatic N) is 3. The summed E-state index contributed by atoms with van der Waals surface area (Å²) < 4.78 is 1.90. The van der Waals surface area contributed by atoms with E-state index in [9.17, 15) is 0 Å². The van der Waals surface area contributed by atoms with Crippen LogP contribution in [-0.2, 0) is 13.1 Å². The van der Waals surface area contributed by atoms with Crippen molar-refractivity contribution in [2.24, 2.45) is 5.92 Å². The lowest BCUT2D eigenvalue weighted by atomic mass is 10.4. The summed E-state index contributed by atoms with van der Waals surface area (Å²) in [6, 6.07) is 4.19. The lowest BCUT2D eigenvalue weighted by Crippen LogP contribution is -2.16. The Morgan fingerprint density at radius 1 is 1.47 bits per heavy atom. The van der Waals surface area contributed by atoms with Crippen molar-refractivity contribution >= 4 is 11.3 Å². The van der Waals surface area contributed by atoms with E-state index in [4.69, 9.17) is 0 Å².